The highest BCUT2D eigenvalue weighted by atomic mass is 32.1. The number of carboxylic acid groups (broad SMARTS) is 1. The van der Waals surface area contributed by atoms with Gasteiger partial charge >= 0.3 is 5.97 Å². The molecule has 8 nitrogen and oxygen atoms in total. The van der Waals surface area contributed by atoms with Crippen molar-refractivity contribution in [1.29, 1.82) is 0 Å². The molecule has 0 spiro atoms. The van der Waals surface area contributed by atoms with Crippen molar-refractivity contribution in [3.05, 3.63) is 114 Å². The van der Waals surface area contributed by atoms with E-state index in [1.165, 1.54) is 0 Å². The van der Waals surface area contributed by atoms with E-state index in [1.54, 1.807) is 30.5 Å². The Labute approximate surface area is 232 Å². The number of nitrogens with zero attached hydrogens (tertiary/aromatic N) is 3. The highest BCUT2D eigenvalue weighted by molar-refractivity contribution is 7.80. The number of thiocarbonyl (C=S) groups is 1. The quantitative estimate of drug-likeness (QED) is 0.254. The van der Waals surface area contributed by atoms with Gasteiger partial charge in [0.1, 0.15) is 0 Å². The maximum absolute atomic E-state index is 13.0. The smallest absolute Gasteiger partial charge is 0.335 e. The summed E-state index contributed by atoms with van der Waals surface area (Å²) in [7, 11) is 0. The number of para-hydroxylation sites is 1. The monoisotopic (exact) mass is 539 g/mol. The molecule has 0 unspecified atom stereocenters. The van der Waals surface area contributed by atoms with Crippen molar-refractivity contribution in [2.75, 3.05) is 11.9 Å². The second kappa shape index (κ2) is 11.5. The van der Waals surface area contributed by atoms with Crippen LogP contribution in [0, 0.1) is 0 Å². The van der Waals surface area contributed by atoms with Gasteiger partial charge in [-0.2, -0.15) is 0 Å². The van der Waals surface area contributed by atoms with Crippen LogP contribution in [0.2, 0.25) is 0 Å². The minimum absolute atomic E-state index is 0.0848. The van der Waals surface area contributed by atoms with Gasteiger partial charge in [0.25, 0.3) is 0 Å². The number of aromatic nitrogens is 2. The number of nitrogens with one attached hydrogen (secondary N) is 2. The first-order valence-electron chi connectivity index (χ1n) is 12.8. The maximum Gasteiger partial charge on any atom is 0.335 e. The summed E-state index contributed by atoms with van der Waals surface area (Å²) in [5.74, 6) is -1.06. The van der Waals surface area contributed by atoms with Gasteiger partial charge in [-0.1, -0.05) is 31.2 Å². The Bertz CT molecular complexity index is 1490. The first kappa shape index (κ1) is 26.1. The van der Waals surface area contributed by atoms with Crippen molar-refractivity contribution in [2.45, 2.75) is 31.8 Å². The van der Waals surface area contributed by atoms with Crippen molar-refractivity contribution in [3.63, 3.8) is 0 Å². The molecule has 0 saturated carbocycles. The number of aryl methyl sites for hydroxylation is 1. The molecule has 1 aliphatic heterocycles. The van der Waals surface area contributed by atoms with Gasteiger partial charge < -0.3 is 25.2 Å². The van der Waals surface area contributed by atoms with Crippen molar-refractivity contribution in [2.24, 2.45) is 0 Å². The first-order chi connectivity index (χ1) is 19.0. The van der Waals surface area contributed by atoms with E-state index in [0.29, 0.717) is 11.7 Å². The SMILES string of the molecule is CCc1ccccc1NC(=O)CCN1C(=S)N[C@@H](c2ccccn2)[C@H]1c1cccn1-c1ccc(C(=O)O)cc1. The van der Waals surface area contributed by atoms with Crippen molar-refractivity contribution in [1.82, 2.24) is 19.8 Å². The van der Waals surface area contributed by atoms with Crippen molar-refractivity contribution < 1.29 is 14.7 Å². The Morgan fingerprint density at radius 3 is 2.51 bits per heavy atom. The molecule has 0 aliphatic carbocycles. The number of aromatic carboxylic acids is 1. The normalized spacial score (nSPS) is 16.6. The predicted octanol–water partition coefficient (Wildman–Crippen LogP) is 5.13. The molecule has 5 rings (SSSR count). The highest BCUT2D eigenvalue weighted by Crippen LogP contribution is 2.39. The maximum atomic E-state index is 13.0. The highest BCUT2D eigenvalue weighted by Gasteiger charge is 2.41. The molecule has 1 saturated heterocycles. The Morgan fingerprint density at radius 1 is 1.03 bits per heavy atom. The summed E-state index contributed by atoms with van der Waals surface area (Å²) in [5, 5.41) is 16.3. The van der Waals surface area contributed by atoms with Crippen LogP contribution in [0.3, 0.4) is 0 Å². The molecule has 0 bridgehead atoms. The van der Waals surface area contributed by atoms with E-state index in [-0.39, 0.29) is 30.0 Å². The fourth-order valence-electron chi connectivity index (χ4n) is 4.99. The minimum atomic E-state index is -0.971. The van der Waals surface area contributed by atoms with Gasteiger partial charge in [-0.05, 0) is 78.8 Å². The van der Waals surface area contributed by atoms with Crippen LogP contribution in [0.1, 0.15) is 52.7 Å². The van der Waals surface area contributed by atoms with Crippen LogP contribution < -0.4 is 10.6 Å². The van der Waals surface area contributed by atoms with Gasteiger partial charge in [0, 0.05) is 42.4 Å². The van der Waals surface area contributed by atoms with Gasteiger partial charge in [-0.25, -0.2) is 4.79 Å². The van der Waals surface area contributed by atoms with E-state index < -0.39 is 5.97 Å². The number of benzene rings is 2. The summed E-state index contributed by atoms with van der Waals surface area (Å²) < 4.78 is 2.02. The molecule has 2 aromatic carbocycles. The average Bonchev–Trinajstić information content (AvgIpc) is 3.57. The molecule has 3 heterocycles. The number of anilines is 1. The minimum Gasteiger partial charge on any atom is -0.478 e. The Hall–Kier alpha value is -4.50. The van der Waals surface area contributed by atoms with Crippen molar-refractivity contribution in [3.8, 4) is 5.69 Å². The molecule has 2 aromatic heterocycles. The zero-order valence-corrected chi connectivity index (χ0v) is 22.3. The Morgan fingerprint density at radius 2 is 1.79 bits per heavy atom. The summed E-state index contributed by atoms with van der Waals surface area (Å²) in [6.07, 6.45) is 4.77. The topological polar surface area (TPSA) is 99.5 Å². The van der Waals surface area contributed by atoms with Crippen molar-refractivity contribution >= 4 is 34.9 Å². The van der Waals surface area contributed by atoms with Crippen LogP contribution in [0.15, 0.2) is 91.3 Å². The van der Waals surface area contributed by atoms with Crippen LogP contribution >= 0.6 is 12.2 Å². The molecular formula is C30H29N5O3S. The van der Waals surface area contributed by atoms with Gasteiger partial charge in [-0.3, -0.25) is 9.78 Å². The number of rotatable bonds is 9. The van der Waals surface area contributed by atoms with Gasteiger partial charge in [0.2, 0.25) is 5.91 Å². The summed E-state index contributed by atoms with van der Waals surface area (Å²) in [4.78, 5) is 31.0. The molecule has 1 amide bonds. The average molecular weight is 540 g/mol. The van der Waals surface area contributed by atoms with E-state index in [2.05, 4.69) is 22.5 Å². The Kier molecular flexibility index (Phi) is 7.69. The third-order valence-electron chi connectivity index (χ3n) is 6.93. The lowest BCUT2D eigenvalue weighted by atomic mass is 10.0. The molecule has 1 aliphatic rings. The summed E-state index contributed by atoms with van der Waals surface area (Å²) in [6.45, 7) is 2.47. The molecule has 0 radical (unpaired) electrons. The third kappa shape index (κ3) is 5.53. The van der Waals surface area contributed by atoms with E-state index in [1.807, 2.05) is 70.3 Å². The first-order valence-corrected chi connectivity index (χ1v) is 13.2. The number of hydrogen-bond acceptors (Lipinski definition) is 4. The van der Waals surface area contributed by atoms with E-state index >= 15 is 0 Å². The molecule has 3 N–H and O–H groups in total. The number of carbonyl (C=O) groups excluding carboxylic acids is 1. The van der Waals surface area contributed by atoms with E-state index in [0.717, 1.165) is 34.7 Å². The summed E-state index contributed by atoms with van der Waals surface area (Å²) in [5.41, 5.74) is 4.74. The molecule has 1 fully saturated rings. The Balaban J connectivity index is 1.44. The summed E-state index contributed by atoms with van der Waals surface area (Å²) >= 11 is 5.78. The third-order valence-corrected chi connectivity index (χ3v) is 7.28. The van der Waals surface area contributed by atoms with Gasteiger partial charge in [-0.15, -0.1) is 0 Å². The molecular weight excluding hydrogens is 510 g/mol. The number of carbonyl (C=O) groups is 2. The second-order valence-corrected chi connectivity index (χ2v) is 9.67. The van der Waals surface area contributed by atoms with E-state index in [4.69, 9.17) is 12.2 Å². The fraction of sp³-hybridized carbons (Fsp3) is 0.200. The van der Waals surface area contributed by atoms with Crippen LogP contribution in [0.4, 0.5) is 5.69 Å². The second-order valence-electron chi connectivity index (χ2n) is 9.28. The molecule has 4 aromatic rings. The van der Waals surface area contributed by atoms with Gasteiger partial charge in [0.15, 0.2) is 5.11 Å². The number of amides is 1. The number of carboxylic acids is 1. The summed E-state index contributed by atoms with van der Waals surface area (Å²) in [6, 6.07) is 23.8. The number of hydrogen-bond donors (Lipinski definition) is 3. The molecule has 39 heavy (non-hydrogen) atoms. The van der Waals surface area contributed by atoms with E-state index in [9.17, 15) is 14.7 Å². The number of pyridine rings is 1. The lowest BCUT2D eigenvalue weighted by Crippen LogP contribution is -2.33. The van der Waals surface area contributed by atoms with Crippen LogP contribution in [-0.4, -0.2) is 43.1 Å². The molecule has 9 heteroatoms. The van der Waals surface area contributed by atoms with Crippen LogP contribution in [0.25, 0.3) is 5.69 Å². The largest absolute Gasteiger partial charge is 0.478 e. The zero-order chi connectivity index (χ0) is 27.4. The molecule has 2 atom stereocenters. The lowest BCUT2D eigenvalue weighted by Gasteiger charge is -2.29. The van der Waals surface area contributed by atoms with Gasteiger partial charge in [0.05, 0.1) is 23.3 Å². The predicted molar refractivity (Wildman–Crippen MR) is 154 cm³/mol. The fourth-order valence-corrected chi connectivity index (χ4v) is 5.32. The van der Waals surface area contributed by atoms with Crippen LogP contribution in [0.5, 0.6) is 0 Å². The van der Waals surface area contributed by atoms with Crippen LogP contribution in [-0.2, 0) is 11.2 Å². The zero-order valence-electron chi connectivity index (χ0n) is 21.4. The molecule has 198 valence electrons. The standard InChI is InChI=1S/C30H29N5O3S/c1-2-20-8-3-4-9-23(20)32-26(36)16-19-35-28(27(33-30(35)39)24-10-5-6-17-31-24)25-11-7-18-34(25)22-14-12-21(13-15-22)29(37)38/h3-15,17-18,27-28H,2,16,19H2,1H3,(H,32,36)(H,33,39)(H,37,38)/t27-,28+/m0/s1. The lowest BCUT2D eigenvalue weighted by molar-refractivity contribution is -0.116.